The largest absolute Gasteiger partial charge is 0.381 e. The summed E-state index contributed by atoms with van der Waals surface area (Å²) in [7, 11) is 0. The summed E-state index contributed by atoms with van der Waals surface area (Å²) in [5.74, 6) is -0.629. The van der Waals surface area contributed by atoms with Crippen LogP contribution in [-0.2, 0) is 16.1 Å². The van der Waals surface area contributed by atoms with E-state index < -0.39 is 40.4 Å². The number of hydrogen-bond acceptors (Lipinski definition) is 5. The number of aliphatic hydroxyl groups is 1. The number of nitrogens with zero attached hydrogens (tertiary/aromatic N) is 1. The van der Waals surface area contributed by atoms with E-state index in [4.69, 9.17) is 0 Å². The molecule has 2 N–H and O–H groups in total. The van der Waals surface area contributed by atoms with Gasteiger partial charge >= 0.3 is 5.69 Å². The van der Waals surface area contributed by atoms with Crippen LogP contribution in [0.3, 0.4) is 0 Å². The molecule has 0 unspecified atom stereocenters. The Labute approximate surface area is 191 Å². The zero-order valence-electron chi connectivity index (χ0n) is 19.2. The summed E-state index contributed by atoms with van der Waals surface area (Å²) in [6.07, 6.45) is 8.27. The van der Waals surface area contributed by atoms with Gasteiger partial charge in [0.1, 0.15) is 5.60 Å². The molecule has 4 aliphatic rings. The van der Waals surface area contributed by atoms with E-state index >= 15 is 0 Å². The lowest BCUT2D eigenvalue weighted by molar-refractivity contribution is -0.163. The standard InChI is InChI=1S/C25H31FN2O5/c1-23-8-5-15(29)11-14(23)3-4-16-17(23)6-9-24(2)18(16)7-10-25(24,33)20(30)13-28-21(31)19(26)12-27-22(28)32/h11-12,16-18,33H,3-10,13H2,1-2H3,(H,27,32)/t16-,17+,18+,23+,24+,25+/m1/s1. The van der Waals surface area contributed by atoms with Crippen LogP contribution >= 0.6 is 0 Å². The number of H-pyrrole nitrogens is 1. The first kappa shape index (κ1) is 22.4. The second kappa shape index (κ2) is 7.32. The molecule has 3 fully saturated rings. The normalized spacial score (nSPS) is 39.9. The second-order valence-corrected chi connectivity index (χ2v) is 11.1. The van der Waals surface area contributed by atoms with Crippen LogP contribution in [0.1, 0.15) is 65.2 Å². The molecular weight excluding hydrogens is 427 g/mol. The van der Waals surface area contributed by atoms with E-state index in [1.807, 2.05) is 13.0 Å². The van der Waals surface area contributed by atoms with E-state index in [-0.39, 0.29) is 23.5 Å². The zero-order valence-corrected chi connectivity index (χ0v) is 19.2. The summed E-state index contributed by atoms with van der Waals surface area (Å²) in [5.41, 5.74) is -3.11. The average molecular weight is 459 g/mol. The van der Waals surface area contributed by atoms with Crippen molar-refractivity contribution in [3.8, 4) is 0 Å². The molecule has 7 nitrogen and oxygen atoms in total. The number of rotatable bonds is 3. The highest BCUT2D eigenvalue weighted by Crippen LogP contribution is 2.67. The summed E-state index contributed by atoms with van der Waals surface area (Å²) in [4.78, 5) is 51.7. The van der Waals surface area contributed by atoms with Gasteiger partial charge in [0.2, 0.25) is 5.82 Å². The maximum atomic E-state index is 13.7. The number of nitrogens with one attached hydrogen (secondary N) is 1. The van der Waals surface area contributed by atoms with E-state index in [2.05, 4.69) is 11.9 Å². The Balaban J connectivity index is 1.44. The van der Waals surface area contributed by atoms with Gasteiger partial charge in [-0.2, -0.15) is 4.39 Å². The molecule has 1 heterocycles. The van der Waals surface area contributed by atoms with Crippen molar-refractivity contribution in [2.24, 2.45) is 28.6 Å². The number of carbonyl (C=O) groups is 2. The molecule has 0 saturated heterocycles. The Bertz CT molecular complexity index is 1180. The predicted molar refractivity (Wildman–Crippen MR) is 118 cm³/mol. The number of Topliss-reactive ketones (excluding diaryl/α,β-unsaturated/α-hetero) is 1. The van der Waals surface area contributed by atoms with E-state index in [9.17, 15) is 28.7 Å². The Morgan fingerprint density at radius 2 is 1.85 bits per heavy atom. The Hall–Kier alpha value is -2.35. The molecule has 1 aromatic heterocycles. The van der Waals surface area contributed by atoms with Gasteiger partial charge < -0.3 is 10.1 Å². The van der Waals surface area contributed by atoms with Crippen molar-refractivity contribution in [2.45, 2.75) is 77.4 Å². The summed E-state index contributed by atoms with van der Waals surface area (Å²) >= 11 is 0. The maximum Gasteiger partial charge on any atom is 0.328 e. The molecule has 4 aliphatic carbocycles. The summed E-state index contributed by atoms with van der Waals surface area (Å²) in [6, 6.07) is 0. The quantitative estimate of drug-likeness (QED) is 0.723. The predicted octanol–water partition coefficient (Wildman–Crippen LogP) is 2.51. The zero-order chi connectivity index (χ0) is 23.8. The van der Waals surface area contributed by atoms with Gasteiger partial charge in [0.25, 0.3) is 5.56 Å². The minimum Gasteiger partial charge on any atom is -0.381 e. The third-order valence-corrected chi connectivity index (χ3v) is 9.89. The van der Waals surface area contributed by atoms with Crippen LogP contribution in [0.5, 0.6) is 0 Å². The van der Waals surface area contributed by atoms with Crippen molar-refractivity contribution in [3.05, 3.63) is 44.5 Å². The van der Waals surface area contributed by atoms with Crippen molar-refractivity contribution in [3.63, 3.8) is 0 Å². The van der Waals surface area contributed by atoms with Gasteiger partial charge in [0.15, 0.2) is 11.6 Å². The fraction of sp³-hybridized carbons (Fsp3) is 0.680. The van der Waals surface area contributed by atoms with Crippen molar-refractivity contribution in [1.29, 1.82) is 0 Å². The number of ketones is 2. The Morgan fingerprint density at radius 3 is 2.61 bits per heavy atom. The third kappa shape index (κ3) is 3.02. The first-order valence-electron chi connectivity index (χ1n) is 12.0. The molecule has 0 radical (unpaired) electrons. The van der Waals surface area contributed by atoms with Gasteiger partial charge in [-0.25, -0.2) is 4.79 Å². The highest BCUT2D eigenvalue weighted by Gasteiger charge is 2.66. The average Bonchev–Trinajstić information content (AvgIpc) is 3.06. The molecule has 5 rings (SSSR count). The molecule has 8 heteroatoms. The van der Waals surface area contributed by atoms with Gasteiger partial charge in [-0.3, -0.25) is 19.0 Å². The van der Waals surface area contributed by atoms with E-state index in [0.29, 0.717) is 41.9 Å². The molecule has 1 aromatic rings. The van der Waals surface area contributed by atoms with Crippen molar-refractivity contribution >= 4 is 11.6 Å². The minimum atomic E-state index is -1.67. The van der Waals surface area contributed by atoms with Crippen LogP contribution in [0.4, 0.5) is 4.39 Å². The number of hydrogen-bond donors (Lipinski definition) is 2. The SMILES string of the molecule is C[C@]12CCC(=O)C=C1CC[C@@H]1[C@@H]2CC[C@@]2(C)[C@H]1CC[C@]2(O)C(=O)Cn1c(=O)[nH]cc(F)c1=O. The van der Waals surface area contributed by atoms with Gasteiger partial charge in [-0.15, -0.1) is 0 Å². The summed E-state index contributed by atoms with van der Waals surface area (Å²) < 4.78 is 14.2. The van der Waals surface area contributed by atoms with Gasteiger partial charge in [-0.1, -0.05) is 19.4 Å². The number of halogens is 1. The van der Waals surface area contributed by atoms with Gasteiger partial charge in [0.05, 0.1) is 6.54 Å². The van der Waals surface area contributed by atoms with Crippen molar-refractivity contribution < 1.29 is 19.1 Å². The molecule has 0 amide bonds. The molecular formula is C25H31FN2O5. The Morgan fingerprint density at radius 1 is 1.12 bits per heavy atom. The van der Waals surface area contributed by atoms with E-state index in [1.54, 1.807) is 0 Å². The minimum absolute atomic E-state index is 0.00889. The lowest BCUT2D eigenvalue weighted by Gasteiger charge is -2.58. The first-order valence-corrected chi connectivity index (χ1v) is 12.0. The van der Waals surface area contributed by atoms with Crippen molar-refractivity contribution in [2.75, 3.05) is 0 Å². The number of carbonyl (C=O) groups excluding carboxylic acids is 2. The lowest BCUT2D eigenvalue weighted by atomic mass is 9.46. The number of aromatic nitrogens is 2. The van der Waals surface area contributed by atoms with Crippen LogP contribution in [0.25, 0.3) is 0 Å². The third-order valence-electron chi connectivity index (χ3n) is 9.89. The van der Waals surface area contributed by atoms with Crippen LogP contribution in [-0.4, -0.2) is 31.8 Å². The summed E-state index contributed by atoms with van der Waals surface area (Å²) in [6.45, 7) is 3.60. The monoisotopic (exact) mass is 458 g/mol. The van der Waals surface area contributed by atoms with Crippen LogP contribution < -0.4 is 11.2 Å². The van der Waals surface area contributed by atoms with E-state index in [1.165, 1.54) is 5.57 Å². The molecule has 6 atom stereocenters. The van der Waals surface area contributed by atoms with Crippen LogP contribution in [0.15, 0.2) is 27.4 Å². The molecule has 0 aromatic carbocycles. The van der Waals surface area contributed by atoms with Crippen LogP contribution in [0.2, 0.25) is 0 Å². The molecule has 178 valence electrons. The topological polar surface area (TPSA) is 109 Å². The van der Waals surface area contributed by atoms with Crippen molar-refractivity contribution in [1.82, 2.24) is 9.55 Å². The molecule has 0 bridgehead atoms. The fourth-order valence-electron chi connectivity index (χ4n) is 7.94. The Kier molecular flexibility index (Phi) is 4.98. The highest BCUT2D eigenvalue weighted by molar-refractivity contribution is 5.91. The van der Waals surface area contributed by atoms with Gasteiger partial charge in [0, 0.05) is 18.0 Å². The highest BCUT2D eigenvalue weighted by atomic mass is 19.1. The number of fused-ring (bicyclic) bond motifs is 5. The molecule has 33 heavy (non-hydrogen) atoms. The van der Waals surface area contributed by atoms with Gasteiger partial charge in [-0.05, 0) is 74.2 Å². The van der Waals surface area contributed by atoms with E-state index in [0.717, 1.165) is 25.7 Å². The maximum absolute atomic E-state index is 13.7. The summed E-state index contributed by atoms with van der Waals surface area (Å²) in [5, 5.41) is 11.7. The van der Waals surface area contributed by atoms with Crippen LogP contribution in [0, 0.1) is 34.4 Å². The molecule has 0 spiro atoms. The fourth-order valence-corrected chi connectivity index (χ4v) is 7.94. The number of allylic oxidation sites excluding steroid dienone is 1. The molecule has 3 saturated carbocycles. The number of aromatic amines is 1. The molecule has 0 aliphatic heterocycles. The lowest BCUT2D eigenvalue weighted by Crippen LogP contribution is -2.58. The second-order valence-electron chi connectivity index (χ2n) is 11.1. The smallest absolute Gasteiger partial charge is 0.328 e. The first-order chi connectivity index (χ1) is 15.5.